The van der Waals surface area contributed by atoms with Crippen LogP contribution in [-0.4, -0.2) is 41.0 Å². The number of nitrogens with one attached hydrogen (secondary N) is 3. The second-order valence-corrected chi connectivity index (χ2v) is 6.07. The van der Waals surface area contributed by atoms with Gasteiger partial charge in [-0.2, -0.15) is 0 Å². The molecule has 1 heterocycles. The molecule has 3 rings (SSSR count). The molecule has 136 valence electrons. The number of anilines is 1. The number of hydrogen-bond acceptors (Lipinski definition) is 4. The van der Waals surface area contributed by atoms with Gasteiger partial charge in [0.2, 0.25) is 11.8 Å². The molecular weight excluding hydrogens is 357 g/mol. The number of carboxylic acids is 1. The SMILES string of the molecule is O=C(Nc1ccccc1)[C@H](Cc1ccccc1)NC(=O)[C@H]1N[C@@H]1C(=O)O.[H-].[Na+]. The maximum Gasteiger partial charge on any atom is 1.00 e. The predicted molar refractivity (Wildman–Crippen MR) is 96.6 cm³/mol. The van der Waals surface area contributed by atoms with Crippen LogP contribution < -0.4 is 45.5 Å². The Balaban J connectivity index is 0.00000196. The molecule has 1 aliphatic rings. The minimum atomic E-state index is -1.08. The number of hydrogen-bond donors (Lipinski definition) is 4. The number of rotatable bonds is 7. The minimum absolute atomic E-state index is 0. The molecule has 0 saturated carbocycles. The molecule has 0 unspecified atom stereocenters. The normalized spacial score (nSPS) is 18.5. The molecule has 0 bridgehead atoms. The van der Waals surface area contributed by atoms with Crippen LogP contribution in [0.15, 0.2) is 60.7 Å². The van der Waals surface area contributed by atoms with E-state index < -0.39 is 30.0 Å². The largest absolute Gasteiger partial charge is 1.00 e. The van der Waals surface area contributed by atoms with Crippen molar-refractivity contribution in [3.63, 3.8) is 0 Å². The summed E-state index contributed by atoms with van der Waals surface area (Å²) in [6, 6.07) is 15.7. The first-order valence-corrected chi connectivity index (χ1v) is 8.23. The van der Waals surface area contributed by atoms with Crippen molar-refractivity contribution in [3.8, 4) is 0 Å². The summed E-state index contributed by atoms with van der Waals surface area (Å²) in [5, 5.41) is 16.9. The number of carbonyl (C=O) groups is 3. The third-order valence-corrected chi connectivity index (χ3v) is 4.09. The van der Waals surface area contributed by atoms with Crippen LogP contribution in [0.5, 0.6) is 0 Å². The van der Waals surface area contributed by atoms with Crippen LogP contribution in [-0.2, 0) is 20.8 Å². The number of amides is 2. The van der Waals surface area contributed by atoms with Crippen molar-refractivity contribution in [2.75, 3.05) is 5.32 Å². The zero-order valence-corrected chi connectivity index (χ0v) is 16.9. The van der Waals surface area contributed by atoms with Crippen molar-refractivity contribution in [3.05, 3.63) is 66.2 Å². The van der Waals surface area contributed by atoms with Crippen LogP contribution >= 0.6 is 0 Å². The average molecular weight is 377 g/mol. The van der Waals surface area contributed by atoms with Crippen molar-refractivity contribution < 1.29 is 50.5 Å². The molecule has 3 atom stereocenters. The summed E-state index contributed by atoms with van der Waals surface area (Å²) < 4.78 is 0. The van der Waals surface area contributed by atoms with Gasteiger partial charge in [0.15, 0.2) is 0 Å². The van der Waals surface area contributed by atoms with Gasteiger partial charge in [0.25, 0.3) is 0 Å². The quantitative estimate of drug-likeness (QED) is 0.326. The zero-order chi connectivity index (χ0) is 18.5. The molecular formula is C19H20N3NaO4. The number of para-hydroxylation sites is 1. The van der Waals surface area contributed by atoms with Crippen molar-refractivity contribution >= 4 is 23.5 Å². The Kier molecular flexibility index (Phi) is 7.55. The first-order chi connectivity index (χ1) is 12.5. The molecule has 7 nitrogen and oxygen atoms in total. The molecule has 1 saturated heterocycles. The third-order valence-electron chi connectivity index (χ3n) is 4.09. The van der Waals surface area contributed by atoms with Crippen LogP contribution in [0.4, 0.5) is 5.69 Å². The Morgan fingerprint density at radius 3 is 2.15 bits per heavy atom. The number of carboxylic acid groups (broad SMARTS) is 1. The summed E-state index contributed by atoms with van der Waals surface area (Å²) in [4.78, 5) is 35.8. The number of aliphatic carboxylic acids is 1. The van der Waals surface area contributed by atoms with Crippen LogP contribution in [0, 0.1) is 0 Å². The van der Waals surface area contributed by atoms with E-state index in [0.29, 0.717) is 12.1 Å². The molecule has 2 amide bonds. The number of carbonyl (C=O) groups excluding carboxylic acids is 2. The summed E-state index contributed by atoms with van der Waals surface area (Å²) in [5.74, 6) is -1.94. The van der Waals surface area contributed by atoms with Gasteiger partial charge in [-0.25, -0.2) is 0 Å². The van der Waals surface area contributed by atoms with E-state index in [1.54, 1.807) is 24.3 Å². The van der Waals surface area contributed by atoms with Crippen molar-refractivity contribution in [1.29, 1.82) is 0 Å². The molecule has 8 heteroatoms. The van der Waals surface area contributed by atoms with E-state index in [1.807, 2.05) is 36.4 Å². The van der Waals surface area contributed by atoms with Gasteiger partial charge in [-0.1, -0.05) is 48.5 Å². The van der Waals surface area contributed by atoms with Gasteiger partial charge in [-0.3, -0.25) is 19.7 Å². The van der Waals surface area contributed by atoms with Gasteiger partial charge in [0.1, 0.15) is 18.1 Å². The standard InChI is InChI=1S/C19H19N3O4.Na.H/c23-17(20-13-9-5-2-6-10-13)14(11-12-7-3-1-4-8-12)21-18(24)15-16(22-15)19(25)26;;/h1-10,14-16,22H,11H2,(H,20,23)(H,21,24)(H,25,26);;/q;+1;-1/t14-,15-,16-;;/m0../s1. The van der Waals surface area contributed by atoms with Crippen LogP contribution in [0.3, 0.4) is 0 Å². The van der Waals surface area contributed by atoms with Gasteiger partial charge in [-0.15, -0.1) is 0 Å². The summed E-state index contributed by atoms with van der Waals surface area (Å²) >= 11 is 0. The minimum Gasteiger partial charge on any atom is -1.00 e. The molecule has 0 aliphatic carbocycles. The van der Waals surface area contributed by atoms with E-state index in [0.717, 1.165) is 5.56 Å². The first kappa shape index (κ1) is 21.1. The van der Waals surface area contributed by atoms with Crippen LogP contribution in [0.25, 0.3) is 0 Å². The van der Waals surface area contributed by atoms with E-state index in [2.05, 4.69) is 16.0 Å². The van der Waals surface area contributed by atoms with Gasteiger partial charge in [0, 0.05) is 12.1 Å². The molecule has 2 aromatic rings. The van der Waals surface area contributed by atoms with Crippen LogP contribution in [0.1, 0.15) is 6.99 Å². The van der Waals surface area contributed by atoms with Gasteiger partial charge >= 0.3 is 35.5 Å². The Morgan fingerprint density at radius 2 is 1.59 bits per heavy atom. The smallest absolute Gasteiger partial charge is 1.00 e. The van der Waals surface area contributed by atoms with Crippen molar-refractivity contribution in [1.82, 2.24) is 10.6 Å². The molecule has 1 fully saturated rings. The van der Waals surface area contributed by atoms with E-state index >= 15 is 0 Å². The molecule has 4 N–H and O–H groups in total. The third kappa shape index (κ3) is 5.90. The molecule has 2 aromatic carbocycles. The molecule has 27 heavy (non-hydrogen) atoms. The Labute approximate surface area is 180 Å². The fraction of sp³-hybridized carbons (Fsp3) is 0.211. The maximum absolute atomic E-state index is 12.6. The van der Waals surface area contributed by atoms with Crippen molar-refractivity contribution in [2.45, 2.75) is 24.5 Å². The van der Waals surface area contributed by atoms with E-state index in [1.165, 1.54) is 0 Å². The van der Waals surface area contributed by atoms with Gasteiger partial charge in [0.05, 0.1) is 0 Å². The molecule has 0 spiro atoms. The molecule has 1 aliphatic heterocycles. The monoisotopic (exact) mass is 377 g/mol. The van der Waals surface area contributed by atoms with Crippen molar-refractivity contribution in [2.24, 2.45) is 0 Å². The van der Waals surface area contributed by atoms with Gasteiger partial charge < -0.3 is 17.2 Å². The molecule has 0 aromatic heterocycles. The first-order valence-electron chi connectivity index (χ1n) is 8.23. The van der Waals surface area contributed by atoms with Crippen LogP contribution in [0.2, 0.25) is 0 Å². The average Bonchev–Trinajstić information content (AvgIpc) is 3.44. The van der Waals surface area contributed by atoms with E-state index in [4.69, 9.17) is 5.11 Å². The van der Waals surface area contributed by atoms with E-state index in [9.17, 15) is 14.4 Å². The summed E-state index contributed by atoms with van der Waals surface area (Å²) in [6.07, 6.45) is 0.301. The topological polar surface area (TPSA) is 117 Å². The second kappa shape index (κ2) is 9.66. The summed E-state index contributed by atoms with van der Waals surface area (Å²) in [7, 11) is 0. The Hall–Kier alpha value is -2.19. The van der Waals surface area contributed by atoms with E-state index in [-0.39, 0.29) is 36.9 Å². The Morgan fingerprint density at radius 1 is 1.00 bits per heavy atom. The summed E-state index contributed by atoms with van der Waals surface area (Å²) in [5.41, 5.74) is 1.51. The summed E-state index contributed by atoms with van der Waals surface area (Å²) in [6.45, 7) is 0. The zero-order valence-electron chi connectivity index (χ0n) is 15.9. The van der Waals surface area contributed by atoms with Gasteiger partial charge in [-0.05, 0) is 17.7 Å². The predicted octanol–water partition coefficient (Wildman–Crippen LogP) is -2.11. The fourth-order valence-corrected chi connectivity index (χ4v) is 2.65. The fourth-order valence-electron chi connectivity index (χ4n) is 2.65. The molecule has 0 radical (unpaired) electrons. The Bertz CT molecular complexity index is 807. The second-order valence-electron chi connectivity index (χ2n) is 6.07. The number of benzene rings is 2. The maximum atomic E-state index is 12.6.